The standard InChI is InChI=1S/C13H13.C10H9.C2H6Ge.2ClH.Zr/c1-10-8-11(2)13(9-10)12-6-4-3-5-7-12;1-8-6-9-4-2-3-5-10(9)7-8;1-3-2;;;/h3-9H,1-2H3;2-7H,1H3;1-2H3;2*1H;/q2*-1;;;;+2/p-2. The summed E-state index contributed by atoms with van der Waals surface area (Å²) >= 11 is -1.59. The first-order valence-electron chi connectivity index (χ1n) is 9.68. The van der Waals surface area contributed by atoms with Crippen molar-refractivity contribution in [1.82, 2.24) is 0 Å². The Labute approximate surface area is 191 Å². The van der Waals surface area contributed by atoms with Crippen LogP contribution in [0.3, 0.4) is 0 Å². The Kier molecular flexibility index (Phi) is 10.5. The number of aryl methyl sites for hydroxylation is 3. The summed E-state index contributed by atoms with van der Waals surface area (Å²) < 4.78 is 0. The van der Waals surface area contributed by atoms with Gasteiger partial charge in [-0.05, 0) is 0 Å². The van der Waals surface area contributed by atoms with Crippen molar-refractivity contribution in [3.05, 3.63) is 95.6 Å². The summed E-state index contributed by atoms with van der Waals surface area (Å²) in [7, 11) is 10.6. The Morgan fingerprint density at radius 3 is 1.83 bits per heavy atom. The molecule has 4 heteroatoms. The number of hydrogen-bond donors (Lipinski definition) is 0. The van der Waals surface area contributed by atoms with Gasteiger partial charge in [-0.25, -0.2) is 6.07 Å². The van der Waals surface area contributed by atoms with Crippen molar-refractivity contribution in [2.75, 3.05) is 0 Å². The van der Waals surface area contributed by atoms with Crippen LogP contribution in [0.4, 0.5) is 0 Å². The Morgan fingerprint density at radius 2 is 1.31 bits per heavy atom. The third kappa shape index (κ3) is 8.21. The molecular weight excluding hydrogens is 535 g/mol. The summed E-state index contributed by atoms with van der Waals surface area (Å²) in [6, 6.07) is 27.8. The Hall–Kier alpha value is -0.594. The monoisotopic (exact) mass is 562 g/mol. The number of hydrogen-bond acceptors (Lipinski definition) is 0. The van der Waals surface area contributed by atoms with E-state index in [4.69, 9.17) is 17.0 Å². The minimum atomic E-state index is -1.59. The number of benzene rings is 2. The maximum absolute atomic E-state index is 5.65. The minimum absolute atomic E-state index is 0.735. The molecule has 4 aromatic rings. The fourth-order valence-corrected chi connectivity index (χ4v) is 3.04. The second-order valence-corrected chi connectivity index (χ2v) is 45.4. The predicted molar refractivity (Wildman–Crippen MR) is 130 cm³/mol. The van der Waals surface area contributed by atoms with E-state index in [1.165, 1.54) is 38.6 Å². The first-order valence-corrected chi connectivity index (χ1v) is 27.6. The molecule has 0 amide bonds. The zero-order chi connectivity index (χ0) is 21.4. The Balaban J connectivity index is 0.000000167. The normalized spacial score (nSPS) is 9.90. The third-order valence-corrected chi connectivity index (χ3v) is 38.9. The summed E-state index contributed by atoms with van der Waals surface area (Å²) in [5, 5.41) is 2.69. The van der Waals surface area contributed by atoms with Gasteiger partial charge in [0.2, 0.25) is 0 Å². The van der Waals surface area contributed by atoms with Crippen LogP contribution in [-0.4, -0.2) is 9.98 Å². The van der Waals surface area contributed by atoms with Gasteiger partial charge in [-0.1, -0.05) is 62.7 Å². The molecule has 0 spiro atoms. The number of halogens is 2. The van der Waals surface area contributed by atoms with Crippen LogP contribution in [0.5, 0.6) is 0 Å². The van der Waals surface area contributed by atoms with Gasteiger partial charge in [0.1, 0.15) is 0 Å². The van der Waals surface area contributed by atoms with E-state index in [0.29, 0.717) is 0 Å². The van der Waals surface area contributed by atoms with Crippen molar-refractivity contribution in [3.8, 4) is 11.1 Å². The van der Waals surface area contributed by atoms with Gasteiger partial charge in [0, 0.05) is 0 Å². The molecule has 0 N–H and O–H groups in total. The van der Waals surface area contributed by atoms with Gasteiger partial charge < -0.3 is 0 Å². The Bertz CT molecular complexity index is 1020. The second kappa shape index (κ2) is 12.3. The molecule has 0 nitrogen and oxygen atoms in total. The first-order chi connectivity index (χ1) is 13.8. The molecule has 0 aliphatic rings. The van der Waals surface area contributed by atoms with Crippen LogP contribution in [0, 0.1) is 20.8 Å². The van der Waals surface area contributed by atoms with Crippen LogP contribution in [0.2, 0.25) is 11.5 Å². The molecule has 0 saturated heterocycles. The van der Waals surface area contributed by atoms with Gasteiger partial charge in [-0.2, -0.15) is 28.8 Å². The van der Waals surface area contributed by atoms with Crippen LogP contribution in [0.25, 0.3) is 21.9 Å². The first kappa shape index (κ1) is 24.7. The predicted octanol–water partition coefficient (Wildman–Crippen LogP) is 8.72. The average Bonchev–Trinajstić information content (AvgIpc) is 3.23. The zero-order valence-electron chi connectivity index (χ0n) is 17.8. The van der Waals surface area contributed by atoms with Gasteiger partial charge in [-0.3, -0.25) is 0 Å². The summed E-state index contributed by atoms with van der Waals surface area (Å²) in [4.78, 5) is 0. The molecule has 0 aliphatic carbocycles. The van der Waals surface area contributed by atoms with Crippen LogP contribution in [0.15, 0.2) is 78.9 Å². The summed E-state index contributed by atoms with van der Waals surface area (Å²) in [5.41, 5.74) is 6.73. The number of fused-ring (bicyclic) bond motifs is 1. The van der Waals surface area contributed by atoms with Gasteiger partial charge in [0.05, 0.1) is 0 Å². The molecule has 4 aromatic carbocycles. The van der Waals surface area contributed by atoms with Crippen molar-refractivity contribution in [2.24, 2.45) is 0 Å². The van der Waals surface area contributed by atoms with Crippen molar-refractivity contribution in [3.63, 3.8) is 0 Å². The van der Waals surface area contributed by atoms with E-state index in [2.05, 4.69) is 111 Å². The third-order valence-electron chi connectivity index (χ3n) is 4.47. The van der Waals surface area contributed by atoms with E-state index in [9.17, 15) is 0 Å². The quantitative estimate of drug-likeness (QED) is 0.161. The molecule has 0 aromatic heterocycles. The van der Waals surface area contributed by atoms with E-state index in [1.54, 1.807) is 0 Å². The van der Waals surface area contributed by atoms with Crippen LogP contribution >= 0.6 is 17.0 Å². The summed E-state index contributed by atoms with van der Waals surface area (Å²) in [6.45, 7) is 6.43. The fraction of sp³-hybridized carbons (Fsp3) is 0.200. The van der Waals surface area contributed by atoms with Crippen LogP contribution < -0.4 is 0 Å². The second-order valence-electron chi connectivity index (χ2n) is 7.42. The van der Waals surface area contributed by atoms with Gasteiger partial charge >= 0.3 is 54.8 Å². The molecule has 0 bridgehead atoms. The van der Waals surface area contributed by atoms with Crippen molar-refractivity contribution >= 4 is 37.8 Å². The van der Waals surface area contributed by atoms with Crippen molar-refractivity contribution in [2.45, 2.75) is 32.3 Å². The van der Waals surface area contributed by atoms with E-state index >= 15 is 0 Å². The maximum atomic E-state index is 5.65. The molecule has 0 unspecified atom stereocenters. The zero-order valence-corrected chi connectivity index (χ0v) is 23.8. The van der Waals surface area contributed by atoms with Crippen LogP contribution in [0.1, 0.15) is 16.7 Å². The molecule has 0 radical (unpaired) electrons. The molecule has 29 heavy (non-hydrogen) atoms. The fourth-order valence-electron chi connectivity index (χ4n) is 3.04. The van der Waals surface area contributed by atoms with E-state index < -0.39 is 26.2 Å². The molecule has 0 atom stereocenters. The van der Waals surface area contributed by atoms with Gasteiger partial charge in [0.25, 0.3) is 0 Å². The van der Waals surface area contributed by atoms with E-state index in [-0.39, 0.29) is 0 Å². The van der Waals surface area contributed by atoms with Crippen molar-refractivity contribution < 1.29 is 16.2 Å². The average molecular weight is 563 g/mol. The van der Waals surface area contributed by atoms with Gasteiger partial charge in [-0.15, -0.1) is 40.6 Å². The summed E-state index contributed by atoms with van der Waals surface area (Å²) in [5.74, 6) is 4.46. The molecule has 0 heterocycles. The van der Waals surface area contributed by atoms with Crippen molar-refractivity contribution in [1.29, 1.82) is 0 Å². The number of rotatable bonds is 1. The SMILES string of the molecule is Cc1cc(-c2ccccc2)c(C)[cH-]1.Cc1cc2ccccc2[cH-]1.[CH3][Ge]([CH3])=[Zr]([Cl])[Cl]. The van der Waals surface area contributed by atoms with Crippen LogP contribution in [-0.2, 0) is 16.2 Å². The molecule has 0 saturated carbocycles. The topological polar surface area (TPSA) is 0 Å². The van der Waals surface area contributed by atoms with Gasteiger partial charge in [0.15, 0.2) is 0 Å². The van der Waals surface area contributed by atoms with E-state index in [0.717, 1.165) is 0 Å². The summed E-state index contributed by atoms with van der Waals surface area (Å²) in [6.07, 6.45) is 0. The van der Waals surface area contributed by atoms with E-state index in [1.807, 2.05) is 0 Å². The molecule has 152 valence electrons. The molecule has 0 aliphatic heterocycles. The molecular formula is C25H28Cl2GeZr-2. The Morgan fingerprint density at radius 1 is 0.759 bits per heavy atom. The molecule has 4 rings (SSSR count). The molecule has 0 fully saturated rings.